The molecule has 2 heterocycles. The zero-order valence-electron chi connectivity index (χ0n) is 25.1. The second kappa shape index (κ2) is 12.2. The molecule has 4 unspecified atom stereocenters. The van der Waals surface area contributed by atoms with E-state index in [2.05, 4.69) is 55.8 Å². The summed E-state index contributed by atoms with van der Waals surface area (Å²) in [7, 11) is 0. The fourth-order valence-electron chi connectivity index (χ4n) is 5.32. The maximum absolute atomic E-state index is 12.5. The summed E-state index contributed by atoms with van der Waals surface area (Å²) in [5.41, 5.74) is -0.203. The van der Waals surface area contributed by atoms with Crippen molar-refractivity contribution in [3.63, 3.8) is 0 Å². The topological polar surface area (TPSA) is 105 Å². The Labute approximate surface area is 223 Å². The predicted molar refractivity (Wildman–Crippen MR) is 141 cm³/mol. The van der Waals surface area contributed by atoms with Gasteiger partial charge < -0.3 is 18.9 Å². The van der Waals surface area contributed by atoms with Crippen LogP contribution >= 0.6 is 0 Å². The van der Waals surface area contributed by atoms with Crippen LogP contribution in [0.25, 0.3) is 0 Å². The van der Waals surface area contributed by atoms with Gasteiger partial charge in [0, 0.05) is 0 Å². The van der Waals surface area contributed by atoms with Gasteiger partial charge in [0.05, 0.1) is 17.3 Å². The molecule has 2 aliphatic heterocycles. The standard InChI is InChI=1S/C18H34O2.C6H8O3.C5H8O3/c1-9-17(7,8)14(19)20-18(10-2)12-15(3,4)11-16(5,6)13-18;1-3-4(2)6(8)9-5(3)7;1-3-4(2)8-5(6)7-3/h9-13H2,1-8H3;3-4H,1-2H3;3-4H,1-2H3. The molecule has 3 rings (SSSR count). The Morgan fingerprint density at radius 3 is 1.49 bits per heavy atom. The Balaban J connectivity index is 0.000000328. The van der Waals surface area contributed by atoms with Gasteiger partial charge in [0.1, 0.15) is 17.8 Å². The number of hydrogen-bond acceptors (Lipinski definition) is 8. The van der Waals surface area contributed by atoms with Crippen LogP contribution in [-0.2, 0) is 33.3 Å². The summed E-state index contributed by atoms with van der Waals surface area (Å²) >= 11 is 0. The zero-order chi connectivity index (χ0) is 29.0. The van der Waals surface area contributed by atoms with Crippen molar-refractivity contribution < 1.29 is 38.1 Å². The highest BCUT2D eigenvalue weighted by Gasteiger charge is 2.50. The van der Waals surface area contributed by atoms with E-state index in [4.69, 9.17) is 4.74 Å². The molecule has 0 aromatic heterocycles. The Morgan fingerprint density at radius 1 is 0.838 bits per heavy atom. The average Bonchev–Trinajstić information content (AvgIpc) is 3.16. The van der Waals surface area contributed by atoms with Crippen LogP contribution in [0, 0.1) is 28.1 Å². The number of rotatable bonds is 4. The molecule has 0 spiro atoms. The van der Waals surface area contributed by atoms with E-state index >= 15 is 0 Å². The quantitative estimate of drug-likeness (QED) is 0.228. The molecule has 0 bridgehead atoms. The van der Waals surface area contributed by atoms with Crippen LogP contribution in [0.1, 0.15) is 115 Å². The van der Waals surface area contributed by atoms with Crippen LogP contribution in [0.3, 0.4) is 0 Å². The summed E-state index contributed by atoms with van der Waals surface area (Å²) < 4.78 is 19.6. The maximum atomic E-state index is 12.5. The lowest BCUT2D eigenvalue weighted by atomic mass is 9.59. The normalized spacial score (nSPS) is 29.5. The van der Waals surface area contributed by atoms with E-state index in [0.29, 0.717) is 0 Å². The molecule has 0 aromatic rings. The molecule has 3 aliphatic rings. The highest BCUT2D eigenvalue weighted by Crippen LogP contribution is 2.53. The molecular weight excluding hydrogens is 476 g/mol. The first-order valence-corrected chi connectivity index (χ1v) is 13.6. The molecule has 8 nitrogen and oxygen atoms in total. The lowest BCUT2D eigenvalue weighted by Crippen LogP contribution is -2.50. The summed E-state index contributed by atoms with van der Waals surface area (Å²) in [6.45, 7) is 24.4. The number of cyclic esters (lactones) is 4. The molecule has 214 valence electrons. The summed E-state index contributed by atoms with van der Waals surface area (Å²) in [6, 6.07) is 0. The number of esters is 3. The van der Waals surface area contributed by atoms with Crippen LogP contribution in [0.4, 0.5) is 4.79 Å². The van der Waals surface area contributed by atoms with Crippen LogP contribution in [0.15, 0.2) is 0 Å². The van der Waals surface area contributed by atoms with Crippen LogP contribution < -0.4 is 0 Å². The molecule has 8 heteroatoms. The van der Waals surface area contributed by atoms with Crippen molar-refractivity contribution in [3.05, 3.63) is 0 Å². The Kier molecular flexibility index (Phi) is 10.8. The number of carbonyl (C=O) groups excluding carboxylic acids is 4. The first-order chi connectivity index (χ1) is 16.7. The van der Waals surface area contributed by atoms with Crippen molar-refractivity contribution in [3.8, 4) is 0 Å². The highest BCUT2D eigenvalue weighted by molar-refractivity contribution is 5.95. The third-order valence-electron chi connectivity index (χ3n) is 7.87. The third-order valence-corrected chi connectivity index (χ3v) is 7.87. The van der Waals surface area contributed by atoms with E-state index in [1.807, 2.05) is 13.8 Å². The van der Waals surface area contributed by atoms with E-state index in [9.17, 15) is 19.2 Å². The highest BCUT2D eigenvalue weighted by atomic mass is 16.8. The van der Waals surface area contributed by atoms with Crippen LogP contribution in [0.2, 0.25) is 0 Å². The molecule has 4 atom stereocenters. The Hall–Kier alpha value is -2.12. The van der Waals surface area contributed by atoms with Crippen molar-refractivity contribution in [2.45, 2.75) is 133 Å². The second-order valence-electron chi connectivity index (χ2n) is 13.2. The summed E-state index contributed by atoms with van der Waals surface area (Å²) in [5.74, 6) is -1.33. The maximum Gasteiger partial charge on any atom is 0.509 e. The molecule has 0 amide bonds. The smallest absolute Gasteiger partial charge is 0.459 e. The van der Waals surface area contributed by atoms with Crippen LogP contribution in [0.5, 0.6) is 0 Å². The minimum Gasteiger partial charge on any atom is -0.459 e. The van der Waals surface area contributed by atoms with E-state index in [0.717, 1.165) is 25.7 Å². The number of carbonyl (C=O) groups is 4. The minimum absolute atomic E-state index is 0.0321. The molecule has 0 N–H and O–H groups in total. The molecule has 1 aliphatic carbocycles. The fourth-order valence-corrected chi connectivity index (χ4v) is 5.32. The zero-order valence-corrected chi connectivity index (χ0v) is 25.1. The molecule has 2 saturated heterocycles. The lowest BCUT2D eigenvalue weighted by Gasteiger charge is -2.51. The predicted octanol–water partition coefficient (Wildman–Crippen LogP) is 6.62. The Bertz CT molecular complexity index is 795. The van der Waals surface area contributed by atoms with Crippen molar-refractivity contribution in [1.82, 2.24) is 0 Å². The van der Waals surface area contributed by atoms with E-state index in [-0.39, 0.29) is 51.9 Å². The van der Waals surface area contributed by atoms with Gasteiger partial charge in [-0.25, -0.2) is 4.79 Å². The summed E-state index contributed by atoms with van der Waals surface area (Å²) in [5, 5.41) is 0. The molecule has 1 saturated carbocycles. The third kappa shape index (κ3) is 9.29. The van der Waals surface area contributed by atoms with E-state index < -0.39 is 18.1 Å². The van der Waals surface area contributed by atoms with Gasteiger partial charge >= 0.3 is 24.1 Å². The fraction of sp³-hybridized carbons (Fsp3) is 0.862. The molecular formula is C29H50O8. The van der Waals surface area contributed by atoms with Gasteiger partial charge in [-0.05, 0) is 70.6 Å². The van der Waals surface area contributed by atoms with Crippen molar-refractivity contribution in [2.75, 3.05) is 0 Å². The first-order valence-electron chi connectivity index (χ1n) is 13.6. The first kappa shape index (κ1) is 32.9. The van der Waals surface area contributed by atoms with Gasteiger partial charge in [0.2, 0.25) is 0 Å². The molecule has 3 fully saturated rings. The summed E-state index contributed by atoms with van der Waals surface area (Å²) in [6.07, 6.45) is 4.16. The monoisotopic (exact) mass is 526 g/mol. The van der Waals surface area contributed by atoms with Gasteiger partial charge in [-0.2, -0.15) is 0 Å². The van der Waals surface area contributed by atoms with Crippen molar-refractivity contribution in [2.24, 2.45) is 28.1 Å². The lowest BCUT2D eigenvalue weighted by molar-refractivity contribution is -0.186. The van der Waals surface area contributed by atoms with Crippen molar-refractivity contribution in [1.29, 1.82) is 0 Å². The van der Waals surface area contributed by atoms with Crippen LogP contribution in [-0.4, -0.2) is 41.9 Å². The number of hydrogen-bond donors (Lipinski definition) is 0. The van der Waals surface area contributed by atoms with E-state index in [1.165, 1.54) is 6.42 Å². The van der Waals surface area contributed by atoms with E-state index in [1.54, 1.807) is 27.7 Å². The SMILES string of the molecule is CC1C(=O)OC(=O)C1C.CC1OC(=O)OC1C.CCC1(OC(=O)C(C)(C)CC)CC(C)(C)CC(C)(C)C1. The van der Waals surface area contributed by atoms with Gasteiger partial charge in [-0.15, -0.1) is 0 Å². The average molecular weight is 527 g/mol. The minimum atomic E-state index is -0.551. The molecule has 37 heavy (non-hydrogen) atoms. The second-order valence-corrected chi connectivity index (χ2v) is 13.2. The van der Waals surface area contributed by atoms with Gasteiger partial charge in [-0.3, -0.25) is 14.4 Å². The van der Waals surface area contributed by atoms with Gasteiger partial charge in [0.15, 0.2) is 0 Å². The Morgan fingerprint density at radius 2 is 1.24 bits per heavy atom. The van der Waals surface area contributed by atoms with Gasteiger partial charge in [-0.1, -0.05) is 55.4 Å². The molecule has 0 aromatic carbocycles. The van der Waals surface area contributed by atoms with Crippen molar-refractivity contribution >= 4 is 24.1 Å². The largest absolute Gasteiger partial charge is 0.509 e. The van der Waals surface area contributed by atoms with Gasteiger partial charge in [0.25, 0.3) is 0 Å². The number of ether oxygens (including phenoxy) is 4. The molecule has 0 radical (unpaired) electrons. The summed E-state index contributed by atoms with van der Waals surface area (Å²) in [4.78, 5) is 43.9.